The van der Waals surface area contributed by atoms with Crippen LogP contribution in [0.15, 0.2) is 50.7 Å². The second kappa shape index (κ2) is 6.74. The Morgan fingerprint density at radius 1 is 1.24 bits per heavy atom. The molecule has 2 heterocycles. The summed E-state index contributed by atoms with van der Waals surface area (Å²) in [5, 5.41) is 21.9. The van der Waals surface area contributed by atoms with E-state index in [2.05, 4.69) is 25.7 Å². The van der Waals surface area contributed by atoms with Crippen molar-refractivity contribution in [3.05, 3.63) is 68.3 Å². The molecule has 0 aliphatic rings. The van der Waals surface area contributed by atoms with Crippen molar-refractivity contribution >= 4 is 17.9 Å². The SMILES string of the molecule is Cc1nnc(N/N=C\c2ccc(-c3ccc([N+](=O)[O-])cc3)o2)[nH]c1=O. The summed E-state index contributed by atoms with van der Waals surface area (Å²) >= 11 is 0. The topological polar surface area (TPSA) is 139 Å². The lowest BCUT2D eigenvalue weighted by Crippen LogP contribution is -2.15. The Labute approximate surface area is 140 Å². The first kappa shape index (κ1) is 16.1. The lowest BCUT2D eigenvalue weighted by molar-refractivity contribution is -0.384. The van der Waals surface area contributed by atoms with E-state index in [1.165, 1.54) is 18.3 Å². The van der Waals surface area contributed by atoms with Crippen LogP contribution < -0.4 is 11.0 Å². The molecule has 0 amide bonds. The molecule has 0 aliphatic heterocycles. The molecule has 3 rings (SSSR count). The minimum Gasteiger partial charge on any atom is -0.455 e. The van der Waals surface area contributed by atoms with Gasteiger partial charge in [-0.25, -0.2) is 5.43 Å². The molecule has 0 atom stereocenters. The van der Waals surface area contributed by atoms with E-state index in [4.69, 9.17) is 4.42 Å². The average molecular weight is 340 g/mol. The van der Waals surface area contributed by atoms with E-state index >= 15 is 0 Å². The largest absolute Gasteiger partial charge is 0.455 e. The molecular formula is C15H12N6O4. The minimum atomic E-state index is -0.464. The standard InChI is InChI=1S/C15H12N6O4/c1-9-14(22)17-15(20-18-9)19-16-8-12-6-7-13(25-12)10-2-4-11(5-3-10)21(23)24/h2-8H,1H3,(H2,17,19,20,22)/b16-8-. The van der Waals surface area contributed by atoms with Crippen LogP contribution >= 0.6 is 0 Å². The van der Waals surface area contributed by atoms with E-state index < -0.39 is 4.92 Å². The number of hydrazone groups is 1. The maximum atomic E-state index is 11.4. The van der Waals surface area contributed by atoms with Crippen molar-refractivity contribution < 1.29 is 9.34 Å². The highest BCUT2D eigenvalue weighted by Crippen LogP contribution is 2.23. The minimum absolute atomic E-state index is 0.00879. The number of nitrogens with zero attached hydrogens (tertiary/aromatic N) is 4. The summed E-state index contributed by atoms with van der Waals surface area (Å²) in [6.45, 7) is 1.54. The molecule has 10 nitrogen and oxygen atoms in total. The number of aromatic nitrogens is 3. The van der Waals surface area contributed by atoms with Gasteiger partial charge in [-0.15, -0.1) is 10.2 Å². The zero-order valence-electron chi connectivity index (χ0n) is 13.0. The molecule has 2 N–H and O–H groups in total. The maximum absolute atomic E-state index is 11.4. The van der Waals surface area contributed by atoms with E-state index in [9.17, 15) is 14.9 Å². The van der Waals surface area contributed by atoms with Crippen LogP contribution in [0.1, 0.15) is 11.5 Å². The molecule has 0 radical (unpaired) electrons. The highest BCUT2D eigenvalue weighted by atomic mass is 16.6. The highest BCUT2D eigenvalue weighted by Gasteiger charge is 2.08. The number of rotatable bonds is 5. The zero-order valence-corrected chi connectivity index (χ0v) is 13.0. The van der Waals surface area contributed by atoms with Crippen LogP contribution in [0.25, 0.3) is 11.3 Å². The first-order chi connectivity index (χ1) is 12.0. The highest BCUT2D eigenvalue weighted by molar-refractivity contribution is 5.78. The van der Waals surface area contributed by atoms with Crippen LogP contribution in [0.2, 0.25) is 0 Å². The summed E-state index contributed by atoms with van der Waals surface area (Å²) in [5.74, 6) is 1.09. The van der Waals surface area contributed by atoms with E-state index in [0.29, 0.717) is 17.1 Å². The van der Waals surface area contributed by atoms with E-state index in [-0.39, 0.29) is 22.9 Å². The molecular weight excluding hydrogens is 328 g/mol. The normalized spacial score (nSPS) is 10.9. The number of hydrogen-bond donors (Lipinski definition) is 2. The summed E-state index contributed by atoms with van der Waals surface area (Å²) in [6, 6.07) is 9.41. The molecule has 0 bridgehead atoms. The quantitative estimate of drug-likeness (QED) is 0.412. The third-order valence-electron chi connectivity index (χ3n) is 3.21. The van der Waals surface area contributed by atoms with Gasteiger partial charge in [-0.2, -0.15) is 5.10 Å². The summed E-state index contributed by atoms with van der Waals surface area (Å²) < 4.78 is 5.58. The molecule has 0 aliphatic carbocycles. The van der Waals surface area contributed by atoms with Crippen LogP contribution in [0, 0.1) is 17.0 Å². The summed E-state index contributed by atoms with van der Waals surface area (Å²) in [7, 11) is 0. The Balaban J connectivity index is 1.69. The summed E-state index contributed by atoms with van der Waals surface area (Å²) in [4.78, 5) is 24.0. The van der Waals surface area contributed by atoms with Gasteiger partial charge in [0.15, 0.2) is 0 Å². The van der Waals surface area contributed by atoms with Crippen molar-refractivity contribution in [2.45, 2.75) is 6.92 Å². The molecule has 126 valence electrons. The molecule has 0 unspecified atom stereocenters. The average Bonchev–Trinajstić information content (AvgIpc) is 3.07. The van der Waals surface area contributed by atoms with Crippen LogP contribution in [-0.4, -0.2) is 26.3 Å². The van der Waals surface area contributed by atoms with Gasteiger partial charge in [0, 0.05) is 17.7 Å². The zero-order chi connectivity index (χ0) is 17.8. The van der Waals surface area contributed by atoms with Crippen molar-refractivity contribution in [2.75, 3.05) is 5.43 Å². The van der Waals surface area contributed by atoms with Gasteiger partial charge >= 0.3 is 0 Å². The van der Waals surface area contributed by atoms with Crippen LogP contribution in [0.5, 0.6) is 0 Å². The Morgan fingerprint density at radius 3 is 2.68 bits per heavy atom. The summed E-state index contributed by atoms with van der Waals surface area (Å²) in [6.07, 6.45) is 1.40. The number of aryl methyl sites for hydroxylation is 1. The molecule has 0 saturated carbocycles. The summed E-state index contributed by atoms with van der Waals surface area (Å²) in [5.41, 5.74) is 3.15. The number of aromatic amines is 1. The van der Waals surface area contributed by atoms with Gasteiger partial charge in [0.1, 0.15) is 17.2 Å². The Kier molecular flexibility index (Phi) is 4.33. The predicted octanol–water partition coefficient (Wildman–Crippen LogP) is 2.09. The smallest absolute Gasteiger partial charge is 0.274 e. The van der Waals surface area contributed by atoms with Crippen LogP contribution in [0.3, 0.4) is 0 Å². The van der Waals surface area contributed by atoms with Crippen molar-refractivity contribution in [3.63, 3.8) is 0 Å². The van der Waals surface area contributed by atoms with Gasteiger partial charge in [0.2, 0.25) is 5.95 Å². The van der Waals surface area contributed by atoms with Gasteiger partial charge in [0.05, 0.1) is 11.1 Å². The molecule has 0 fully saturated rings. The molecule has 3 aromatic rings. The number of nitro benzene ring substituents is 1. The Morgan fingerprint density at radius 2 is 2.00 bits per heavy atom. The van der Waals surface area contributed by atoms with Crippen LogP contribution in [-0.2, 0) is 0 Å². The fraction of sp³-hybridized carbons (Fsp3) is 0.0667. The number of hydrogen-bond acceptors (Lipinski definition) is 8. The number of furan rings is 1. The molecule has 0 spiro atoms. The second-order valence-corrected chi connectivity index (χ2v) is 4.96. The predicted molar refractivity (Wildman–Crippen MR) is 89.4 cm³/mol. The third kappa shape index (κ3) is 3.75. The molecule has 10 heteroatoms. The molecule has 2 aromatic heterocycles. The number of anilines is 1. The maximum Gasteiger partial charge on any atom is 0.274 e. The Hall–Kier alpha value is -3.82. The van der Waals surface area contributed by atoms with Gasteiger partial charge in [-0.3, -0.25) is 19.9 Å². The van der Waals surface area contributed by atoms with Gasteiger partial charge in [0.25, 0.3) is 11.2 Å². The molecule has 0 saturated heterocycles. The number of non-ortho nitro benzene ring substituents is 1. The van der Waals surface area contributed by atoms with E-state index in [0.717, 1.165) is 0 Å². The number of H-pyrrole nitrogens is 1. The van der Waals surface area contributed by atoms with Gasteiger partial charge in [-0.05, 0) is 31.2 Å². The monoisotopic (exact) mass is 340 g/mol. The van der Waals surface area contributed by atoms with E-state index in [1.54, 1.807) is 31.2 Å². The van der Waals surface area contributed by atoms with E-state index in [1.807, 2.05) is 0 Å². The second-order valence-electron chi connectivity index (χ2n) is 4.96. The first-order valence-corrected chi connectivity index (χ1v) is 7.10. The van der Waals surface area contributed by atoms with Crippen LogP contribution in [0.4, 0.5) is 11.6 Å². The number of nitrogens with one attached hydrogen (secondary N) is 2. The fourth-order valence-electron chi connectivity index (χ4n) is 1.93. The Bertz CT molecular complexity index is 990. The van der Waals surface area contributed by atoms with Crippen molar-refractivity contribution in [1.29, 1.82) is 0 Å². The number of nitro groups is 1. The first-order valence-electron chi connectivity index (χ1n) is 7.10. The third-order valence-corrected chi connectivity index (χ3v) is 3.21. The van der Waals surface area contributed by atoms with Crippen molar-refractivity contribution in [1.82, 2.24) is 15.2 Å². The van der Waals surface area contributed by atoms with Crippen molar-refractivity contribution in [3.8, 4) is 11.3 Å². The molecule has 1 aromatic carbocycles. The fourth-order valence-corrected chi connectivity index (χ4v) is 1.93. The lowest BCUT2D eigenvalue weighted by atomic mass is 10.1. The van der Waals surface area contributed by atoms with Gasteiger partial charge in [-0.1, -0.05) is 0 Å². The van der Waals surface area contributed by atoms with Crippen molar-refractivity contribution in [2.24, 2.45) is 5.10 Å². The molecule has 25 heavy (non-hydrogen) atoms. The lowest BCUT2D eigenvalue weighted by Gasteiger charge is -1.97. The van der Waals surface area contributed by atoms with Gasteiger partial charge < -0.3 is 4.42 Å². The number of benzene rings is 1.